The molecule has 10 aliphatic carbocycles. The Labute approximate surface area is 241 Å². The summed E-state index contributed by atoms with van der Waals surface area (Å²) in [6, 6.07) is 0. The van der Waals surface area contributed by atoms with E-state index in [-0.39, 0.29) is 7.92 Å². The monoisotopic (exact) mass is 562 g/mol. The molecule has 2 atom stereocenters. The molecule has 0 aromatic heterocycles. The molecule has 3 saturated heterocycles. The van der Waals surface area contributed by atoms with Gasteiger partial charge in [0.1, 0.15) is 0 Å². The zero-order chi connectivity index (χ0) is 25.8. The van der Waals surface area contributed by atoms with Gasteiger partial charge in [0.05, 0.1) is 0 Å². The zero-order valence-electron chi connectivity index (χ0n) is 25.2. The molecule has 2 heteroatoms. The molecular weight excluding hydrogens is 506 g/mol. The van der Waals surface area contributed by atoms with Crippen LogP contribution in [0.5, 0.6) is 0 Å². The Morgan fingerprint density at radius 1 is 0.590 bits per heavy atom. The first-order valence-electron chi connectivity index (χ1n) is 18.0. The second-order valence-electron chi connectivity index (χ2n) is 18.7. The summed E-state index contributed by atoms with van der Waals surface area (Å²) >= 11 is 0. The van der Waals surface area contributed by atoms with E-state index >= 15 is 0 Å². The van der Waals surface area contributed by atoms with Crippen LogP contribution in [0.1, 0.15) is 110 Å². The summed E-state index contributed by atoms with van der Waals surface area (Å²) < 4.78 is 0. The molecule has 0 aromatic carbocycles. The number of hydrogen-bond donors (Lipinski definition) is 0. The molecule has 2 unspecified atom stereocenters. The molecule has 0 spiro atoms. The third-order valence-corrected chi connectivity index (χ3v) is 27.7. The Bertz CT molecular complexity index is 976. The average molecular weight is 563 g/mol. The van der Waals surface area contributed by atoms with E-state index in [4.69, 9.17) is 0 Å². The van der Waals surface area contributed by atoms with E-state index in [2.05, 4.69) is 37.4 Å². The van der Waals surface area contributed by atoms with Crippen molar-refractivity contribution in [2.45, 2.75) is 126 Å². The first-order valence-corrected chi connectivity index (χ1v) is 22.0. The Hall–Kier alpha value is 0.340. The summed E-state index contributed by atoms with van der Waals surface area (Å²) in [7, 11) is -1.44. The van der Waals surface area contributed by atoms with Gasteiger partial charge in [0.25, 0.3) is 0 Å². The van der Waals surface area contributed by atoms with E-state index in [0.717, 1.165) is 69.5 Å². The Morgan fingerprint density at radius 3 is 1.33 bits per heavy atom. The van der Waals surface area contributed by atoms with E-state index in [1.54, 1.807) is 115 Å². The summed E-state index contributed by atoms with van der Waals surface area (Å²) in [6.07, 6.45) is 38.1. The van der Waals surface area contributed by atoms with Gasteiger partial charge in [-0.1, -0.05) is 0 Å². The Kier molecular flexibility index (Phi) is 5.13. The van der Waals surface area contributed by atoms with Crippen molar-refractivity contribution < 1.29 is 0 Å². The van der Waals surface area contributed by atoms with Crippen LogP contribution in [0.15, 0.2) is 23.5 Å². The molecule has 0 amide bonds. The second-order valence-corrected chi connectivity index (χ2v) is 26.6. The first kappa shape index (κ1) is 24.7. The van der Waals surface area contributed by atoms with E-state index in [9.17, 15) is 0 Å². The van der Waals surface area contributed by atoms with Crippen LogP contribution in [-0.4, -0.2) is 34.0 Å². The van der Waals surface area contributed by atoms with E-state index in [1.165, 1.54) is 0 Å². The van der Waals surface area contributed by atoms with Crippen LogP contribution in [0, 0.1) is 59.2 Å². The fraction of sp³-hybridized carbons (Fsp3) is 0.892. The molecule has 9 saturated carbocycles. The van der Waals surface area contributed by atoms with Crippen molar-refractivity contribution in [2.24, 2.45) is 59.2 Å². The van der Waals surface area contributed by atoms with Gasteiger partial charge in [-0.25, -0.2) is 0 Å². The van der Waals surface area contributed by atoms with Crippen molar-refractivity contribution in [1.29, 1.82) is 0 Å². The molecule has 12 bridgehead atoms. The third-order valence-electron chi connectivity index (χ3n) is 16.4. The van der Waals surface area contributed by atoms with Crippen molar-refractivity contribution >= 4 is 15.2 Å². The van der Waals surface area contributed by atoms with Crippen LogP contribution in [-0.2, 0) is 0 Å². The standard InChI is InChI=1S/C37H56P2/c1-24-4-3-5-34(35(24,2)39-21-31-12-32(22-39)14-33(13-31)23-39)38(36-15-25-6-26(16-36)8-27(7-25)17-36)37-18-28-9-29(19-37)11-30(10-28)20-37/h3-5,24-33,39H,6-23H2,1-2H3. The van der Waals surface area contributed by atoms with Crippen LogP contribution < -0.4 is 0 Å². The molecular formula is C37H56P2. The summed E-state index contributed by atoms with van der Waals surface area (Å²) in [4.78, 5) is 0. The van der Waals surface area contributed by atoms with Gasteiger partial charge in [0, 0.05) is 0 Å². The van der Waals surface area contributed by atoms with Gasteiger partial charge in [-0.15, -0.1) is 0 Å². The number of rotatable bonds is 4. The SMILES string of the molecule is CC1C=CC=C(P(C23CC4CC(CC(C4)C2)C3)C23CC4CC(CC(C4)C2)C3)C1(C)[PH]12CC3CC(CC(C3)C1)C2. The van der Waals surface area contributed by atoms with E-state index in [0.29, 0.717) is 5.16 Å². The Balaban J connectivity index is 1.16. The topological polar surface area (TPSA) is 0 Å². The van der Waals surface area contributed by atoms with Gasteiger partial charge in [-0.3, -0.25) is 0 Å². The fourth-order valence-electron chi connectivity index (χ4n) is 16.4. The van der Waals surface area contributed by atoms with Crippen molar-refractivity contribution in [3.63, 3.8) is 0 Å². The van der Waals surface area contributed by atoms with Crippen LogP contribution in [0.4, 0.5) is 0 Å². The molecule has 0 nitrogen and oxygen atoms in total. The molecule has 3 heterocycles. The second kappa shape index (κ2) is 8.08. The quantitative estimate of drug-likeness (QED) is 0.299. The molecule has 3 aliphatic heterocycles. The molecule has 214 valence electrons. The van der Waals surface area contributed by atoms with Gasteiger partial charge >= 0.3 is 242 Å². The van der Waals surface area contributed by atoms with Crippen molar-refractivity contribution in [1.82, 2.24) is 0 Å². The molecule has 13 aliphatic rings. The molecule has 39 heavy (non-hydrogen) atoms. The van der Waals surface area contributed by atoms with Crippen molar-refractivity contribution in [3.8, 4) is 0 Å². The molecule has 0 aromatic rings. The van der Waals surface area contributed by atoms with Gasteiger partial charge in [0.15, 0.2) is 0 Å². The van der Waals surface area contributed by atoms with Crippen molar-refractivity contribution in [3.05, 3.63) is 23.5 Å². The van der Waals surface area contributed by atoms with Crippen LogP contribution in [0.2, 0.25) is 0 Å². The molecule has 12 fully saturated rings. The zero-order valence-corrected chi connectivity index (χ0v) is 27.1. The van der Waals surface area contributed by atoms with Gasteiger partial charge < -0.3 is 0 Å². The summed E-state index contributed by atoms with van der Waals surface area (Å²) in [6.45, 7) is 5.73. The predicted octanol–water partition coefficient (Wildman–Crippen LogP) is 10.1. The predicted molar refractivity (Wildman–Crippen MR) is 171 cm³/mol. The summed E-state index contributed by atoms with van der Waals surface area (Å²) in [5.74, 6) is 10.8. The summed E-state index contributed by atoms with van der Waals surface area (Å²) in [5, 5.41) is 4.26. The number of hydrogen-bond acceptors (Lipinski definition) is 0. The van der Waals surface area contributed by atoms with Gasteiger partial charge in [-0.2, -0.15) is 0 Å². The van der Waals surface area contributed by atoms with Crippen LogP contribution in [0.25, 0.3) is 0 Å². The van der Waals surface area contributed by atoms with E-state index < -0.39 is 7.26 Å². The molecule has 0 radical (unpaired) electrons. The first-order chi connectivity index (χ1) is 18.8. The Morgan fingerprint density at radius 2 is 0.949 bits per heavy atom. The molecule has 0 N–H and O–H groups in total. The van der Waals surface area contributed by atoms with Crippen LogP contribution >= 0.6 is 15.2 Å². The minimum absolute atomic E-state index is 0.0489. The average Bonchev–Trinajstić information content (AvgIpc) is 2.84. The maximum atomic E-state index is 2.99. The normalized spacial score (nSPS) is 60.5. The number of allylic oxidation sites excluding steroid dienone is 4. The molecule has 13 rings (SSSR count). The maximum absolute atomic E-state index is 2.99. The summed E-state index contributed by atoms with van der Waals surface area (Å²) in [5.41, 5.74) is 0. The fourth-order valence-corrected chi connectivity index (χ4v) is 30.8. The third kappa shape index (κ3) is 3.27. The van der Waals surface area contributed by atoms with Gasteiger partial charge in [0.2, 0.25) is 0 Å². The minimum atomic E-state index is -1.39. The van der Waals surface area contributed by atoms with Crippen LogP contribution in [0.3, 0.4) is 0 Å². The van der Waals surface area contributed by atoms with Crippen molar-refractivity contribution in [2.75, 3.05) is 18.5 Å². The van der Waals surface area contributed by atoms with Gasteiger partial charge in [-0.05, 0) is 0 Å². The van der Waals surface area contributed by atoms with E-state index in [1.807, 2.05) is 0 Å².